The third-order valence-corrected chi connectivity index (χ3v) is 3.15. The van der Waals surface area contributed by atoms with E-state index in [1.807, 2.05) is 0 Å². The van der Waals surface area contributed by atoms with Crippen LogP contribution >= 0.6 is 0 Å². The molecule has 1 aromatic rings. The Hall–Kier alpha value is -1.62. The second-order valence-electron chi connectivity index (χ2n) is 4.66. The smallest absolute Gasteiger partial charge is 0.222 e. The van der Waals surface area contributed by atoms with Crippen LogP contribution in [0.1, 0.15) is 19.3 Å². The van der Waals surface area contributed by atoms with E-state index in [9.17, 15) is 14.3 Å². The van der Waals surface area contributed by atoms with Gasteiger partial charge in [0.05, 0.1) is 12.7 Å². The molecule has 5 heteroatoms. The van der Waals surface area contributed by atoms with Gasteiger partial charge < -0.3 is 14.7 Å². The molecule has 0 aromatic heterocycles. The summed E-state index contributed by atoms with van der Waals surface area (Å²) >= 11 is 0. The quantitative estimate of drug-likeness (QED) is 0.824. The number of para-hydroxylation sites is 1. The molecule has 19 heavy (non-hydrogen) atoms. The molecule has 0 spiro atoms. The molecule has 1 amide bonds. The van der Waals surface area contributed by atoms with Gasteiger partial charge in [0.1, 0.15) is 0 Å². The molecule has 1 aromatic carbocycles. The molecule has 1 N–H and O–H groups in total. The number of carbonyl (C=O) groups is 1. The molecular weight excluding hydrogens is 249 g/mol. The second-order valence-corrected chi connectivity index (χ2v) is 4.66. The van der Waals surface area contributed by atoms with E-state index in [2.05, 4.69) is 0 Å². The predicted octanol–water partition coefficient (Wildman–Crippen LogP) is 1.58. The zero-order chi connectivity index (χ0) is 13.7. The Morgan fingerprint density at radius 3 is 2.95 bits per heavy atom. The van der Waals surface area contributed by atoms with E-state index in [1.54, 1.807) is 23.1 Å². The average molecular weight is 267 g/mol. The largest absolute Gasteiger partial charge is 0.491 e. The Bertz CT molecular complexity index is 438. The normalized spacial score (nSPS) is 18.6. The van der Waals surface area contributed by atoms with Crippen molar-refractivity contribution >= 4 is 5.91 Å². The molecule has 1 heterocycles. The maximum Gasteiger partial charge on any atom is 0.222 e. The number of likely N-dealkylation sites (tertiary alicyclic amines) is 1. The average Bonchev–Trinajstić information content (AvgIpc) is 2.83. The molecule has 1 fully saturated rings. The van der Waals surface area contributed by atoms with Crippen molar-refractivity contribution in [2.45, 2.75) is 25.4 Å². The van der Waals surface area contributed by atoms with Gasteiger partial charge in [0.2, 0.25) is 5.91 Å². The molecule has 0 saturated carbocycles. The fourth-order valence-corrected chi connectivity index (χ4v) is 2.09. The lowest BCUT2D eigenvalue weighted by molar-refractivity contribution is -0.130. The maximum atomic E-state index is 13.2. The summed E-state index contributed by atoms with van der Waals surface area (Å²) in [6.45, 7) is 1.35. The highest BCUT2D eigenvalue weighted by atomic mass is 19.1. The van der Waals surface area contributed by atoms with Crippen molar-refractivity contribution < 1.29 is 19.0 Å². The van der Waals surface area contributed by atoms with Crippen molar-refractivity contribution in [2.75, 3.05) is 19.7 Å². The first-order valence-corrected chi connectivity index (χ1v) is 6.50. The highest BCUT2D eigenvalue weighted by Crippen LogP contribution is 2.16. The molecular formula is C14H18FNO3. The Kier molecular flexibility index (Phi) is 4.74. The Morgan fingerprint density at radius 1 is 1.47 bits per heavy atom. The van der Waals surface area contributed by atoms with Gasteiger partial charge in [-0.3, -0.25) is 4.79 Å². The number of nitrogens with zero attached hydrogens (tertiary/aromatic N) is 1. The zero-order valence-electron chi connectivity index (χ0n) is 10.7. The lowest BCUT2D eigenvalue weighted by Gasteiger charge is -2.15. The van der Waals surface area contributed by atoms with Crippen LogP contribution in [0.25, 0.3) is 0 Å². The van der Waals surface area contributed by atoms with Crippen molar-refractivity contribution in [3.63, 3.8) is 0 Å². The SMILES string of the molecule is O=C(CCCOc1ccccc1F)N1CC[C@@H](O)C1. The molecule has 1 aliphatic rings. The molecule has 0 unspecified atom stereocenters. The number of benzene rings is 1. The number of rotatable bonds is 5. The van der Waals surface area contributed by atoms with Crippen LogP contribution in [0.15, 0.2) is 24.3 Å². The molecule has 0 radical (unpaired) electrons. The number of aliphatic hydroxyl groups excluding tert-OH is 1. The second kappa shape index (κ2) is 6.52. The Morgan fingerprint density at radius 2 is 2.26 bits per heavy atom. The van der Waals surface area contributed by atoms with Crippen LogP contribution in [0.5, 0.6) is 5.75 Å². The van der Waals surface area contributed by atoms with Gasteiger partial charge in [-0.05, 0) is 25.0 Å². The first-order chi connectivity index (χ1) is 9.16. The number of ether oxygens (including phenoxy) is 1. The van der Waals surface area contributed by atoms with Crippen molar-refractivity contribution in [1.82, 2.24) is 4.90 Å². The van der Waals surface area contributed by atoms with E-state index in [-0.39, 0.29) is 11.7 Å². The fourth-order valence-electron chi connectivity index (χ4n) is 2.09. The van der Waals surface area contributed by atoms with Gasteiger partial charge in [0, 0.05) is 19.5 Å². The number of halogens is 1. The van der Waals surface area contributed by atoms with Crippen LogP contribution in [0.3, 0.4) is 0 Å². The van der Waals surface area contributed by atoms with Gasteiger partial charge in [-0.1, -0.05) is 12.1 Å². The van der Waals surface area contributed by atoms with Gasteiger partial charge in [0.15, 0.2) is 11.6 Å². The standard InChI is InChI=1S/C14H18FNO3/c15-12-4-1-2-5-13(12)19-9-3-6-14(18)16-8-7-11(17)10-16/h1-2,4-5,11,17H,3,6-10H2/t11-/m1/s1. The van der Waals surface area contributed by atoms with Crippen molar-refractivity contribution in [2.24, 2.45) is 0 Å². The summed E-state index contributed by atoms with van der Waals surface area (Å²) < 4.78 is 18.5. The Balaban J connectivity index is 1.67. The summed E-state index contributed by atoms with van der Waals surface area (Å²) in [5.74, 6) is -0.156. The van der Waals surface area contributed by atoms with E-state index in [4.69, 9.17) is 4.74 Å². The number of hydrogen-bond acceptors (Lipinski definition) is 3. The molecule has 0 aliphatic carbocycles. The maximum absolute atomic E-state index is 13.2. The molecule has 1 saturated heterocycles. The van der Waals surface area contributed by atoms with Crippen molar-refractivity contribution in [1.29, 1.82) is 0 Å². The van der Waals surface area contributed by atoms with Gasteiger partial charge in [-0.2, -0.15) is 0 Å². The van der Waals surface area contributed by atoms with Crippen LogP contribution in [0, 0.1) is 5.82 Å². The van der Waals surface area contributed by atoms with Gasteiger partial charge in [0.25, 0.3) is 0 Å². The number of amides is 1. The molecule has 0 bridgehead atoms. The van der Waals surface area contributed by atoms with E-state index < -0.39 is 11.9 Å². The number of aliphatic hydroxyl groups is 1. The van der Waals surface area contributed by atoms with Crippen molar-refractivity contribution in [3.05, 3.63) is 30.1 Å². The van der Waals surface area contributed by atoms with Crippen LogP contribution in [0.4, 0.5) is 4.39 Å². The first-order valence-electron chi connectivity index (χ1n) is 6.50. The van der Waals surface area contributed by atoms with Gasteiger partial charge in [-0.15, -0.1) is 0 Å². The summed E-state index contributed by atoms with van der Waals surface area (Å²) in [5, 5.41) is 9.34. The summed E-state index contributed by atoms with van der Waals surface area (Å²) in [4.78, 5) is 13.4. The summed E-state index contributed by atoms with van der Waals surface area (Å²) in [6, 6.07) is 6.21. The minimum atomic E-state index is -0.392. The highest BCUT2D eigenvalue weighted by molar-refractivity contribution is 5.76. The number of hydrogen-bond donors (Lipinski definition) is 1. The van der Waals surface area contributed by atoms with Crippen LogP contribution in [-0.4, -0.2) is 41.7 Å². The number of β-amino-alcohol motifs (C(OH)–C–C–N with tert-alkyl or cyclic N) is 1. The van der Waals surface area contributed by atoms with Gasteiger partial charge >= 0.3 is 0 Å². The van der Waals surface area contributed by atoms with Crippen LogP contribution < -0.4 is 4.74 Å². The fraction of sp³-hybridized carbons (Fsp3) is 0.500. The summed E-state index contributed by atoms with van der Waals surface area (Å²) in [6.07, 6.45) is 1.16. The zero-order valence-corrected chi connectivity index (χ0v) is 10.7. The van der Waals surface area contributed by atoms with E-state index in [0.29, 0.717) is 39.0 Å². The monoisotopic (exact) mass is 267 g/mol. The lowest BCUT2D eigenvalue weighted by atomic mass is 10.3. The van der Waals surface area contributed by atoms with Crippen LogP contribution in [-0.2, 0) is 4.79 Å². The molecule has 1 atom stereocenters. The molecule has 1 aliphatic heterocycles. The van der Waals surface area contributed by atoms with E-state index in [1.165, 1.54) is 6.07 Å². The molecule has 104 valence electrons. The molecule has 2 rings (SSSR count). The first kappa shape index (κ1) is 13.8. The summed E-state index contributed by atoms with van der Waals surface area (Å²) in [7, 11) is 0. The predicted molar refractivity (Wildman–Crippen MR) is 68.3 cm³/mol. The topological polar surface area (TPSA) is 49.8 Å². The van der Waals surface area contributed by atoms with Gasteiger partial charge in [-0.25, -0.2) is 4.39 Å². The van der Waals surface area contributed by atoms with E-state index >= 15 is 0 Å². The number of carbonyl (C=O) groups excluding carboxylic acids is 1. The summed E-state index contributed by atoms with van der Waals surface area (Å²) in [5.41, 5.74) is 0. The third-order valence-electron chi connectivity index (χ3n) is 3.15. The van der Waals surface area contributed by atoms with Crippen LogP contribution in [0.2, 0.25) is 0 Å². The Labute approximate surface area is 111 Å². The van der Waals surface area contributed by atoms with Crippen molar-refractivity contribution in [3.8, 4) is 5.75 Å². The third kappa shape index (κ3) is 3.92. The highest BCUT2D eigenvalue weighted by Gasteiger charge is 2.23. The van der Waals surface area contributed by atoms with E-state index in [0.717, 1.165) is 0 Å². The minimum Gasteiger partial charge on any atom is -0.491 e. The lowest BCUT2D eigenvalue weighted by Crippen LogP contribution is -2.29. The molecule has 4 nitrogen and oxygen atoms in total. The minimum absolute atomic E-state index is 0.0219.